The van der Waals surface area contributed by atoms with Crippen LogP contribution in [0.25, 0.3) is 10.9 Å². The lowest BCUT2D eigenvalue weighted by atomic mass is 9.93. The molecular weight excluding hydrogens is 274 g/mol. The second-order valence-electron chi connectivity index (χ2n) is 5.91. The summed E-state index contributed by atoms with van der Waals surface area (Å²) in [4.78, 5) is 3.36. The number of hydrogen-bond donors (Lipinski definition) is 2. The van der Waals surface area contributed by atoms with E-state index in [4.69, 9.17) is 4.74 Å². The number of aryl methyl sites for hydroxylation is 1. The fraction of sp³-hybridized carbons (Fsp3) is 0.263. The largest absolute Gasteiger partial charge is 0.489 e. The minimum Gasteiger partial charge on any atom is -0.489 e. The van der Waals surface area contributed by atoms with E-state index in [1.165, 1.54) is 10.9 Å². The van der Waals surface area contributed by atoms with Crippen LogP contribution in [0.4, 0.5) is 0 Å². The number of nitrogens with one attached hydrogen (secondary N) is 1. The Hall–Kier alpha value is -2.26. The molecule has 2 N–H and O–H groups in total. The number of aromatic amines is 1. The monoisotopic (exact) mass is 293 g/mol. The van der Waals surface area contributed by atoms with Crippen LogP contribution in [0.2, 0.25) is 0 Å². The van der Waals surface area contributed by atoms with Crippen LogP contribution in [-0.2, 0) is 13.0 Å². The first-order chi connectivity index (χ1) is 10.8. The summed E-state index contributed by atoms with van der Waals surface area (Å²) in [6.45, 7) is 0.571. The third kappa shape index (κ3) is 2.38. The van der Waals surface area contributed by atoms with Gasteiger partial charge in [-0.1, -0.05) is 30.3 Å². The molecule has 1 unspecified atom stereocenters. The van der Waals surface area contributed by atoms with Crippen molar-refractivity contribution in [1.82, 2.24) is 4.98 Å². The standard InChI is InChI=1S/C19H19NO2/c21-18-8-4-7-15-16-11-14(9-10-17(16)20-19(15)18)22-12-13-5-2-1-3-6-13/h1-3,5-6,9-11,18,20-21H,4,7-8,12H2. The molecule has 1 aromatic heterocycles. The lowest BCUT2D eigenvalue weighted by Crippen LogP contribution is -2.07. The second kappa shape index (κ2) is 5.50. The van der Waals surface area contributed by atoms with Gasteiger partial charge in [0.2, 0.25) is 0 Å². The summed E-state index contributed by atoms with van der Waals surface area (Å²) in [5, 5.41) is 11.3. The van der Waals surface area contributed by atoms with Gasteiger partial charge in [0, 0.05) is 16.6 Å². The normalized spacial score (nSPS) is 17.4. The summed E-state index contributed by atoms with van der Waals surface area (Å²) in [7, 11) is 0. The summed E-state index contributed by atoms with van der Waals surface area (Å²) in [6, 6.07) is 16.3. The van der Waals surface area contributed by atoms with Crippen molar-refractivity contribution >= 4 is 10.9 Å². The first-order valence-corrected chi connectivity index (χ1v) is 7.80. The minimum atomic E-state index is -0.357. The van der Waals surface area contributed by atoms with Crippen molar-refractivity contribution in [3.8, 4) is 5.75 Å². The maximum absolute atomic E-state index is 10.1. The van der Waals surface area contributed by atoms with Gasteiger partial charge in [0.05, 0.1) is 6.10 Å². The van der Waals surface area contributed by atoms with Crippen LogP contribution in [0.15, 0.2) is 48.5 Å². The zero-order valence-electron chi connectivity index (χ0n) is 12.4. The predicted octanol–water partition coefficient (Wildman–Crippen LogP) is 4.12. The van der Waals surface area contributed by atoms with E-state index in [1.807, 2.05) is 30.3 Å². The number of H-pyrrole nitrogens is 1. The number of rotatable bonds is 3. The van der Waals surface area contributed by atoms with Crippen LogP contribution in [0.1, 0.15) is 35.8 Å². The van der Waals surface area contributed by atoms with Gasteiger partial charge >= 0.3 is 0 Å². The number of ether oxygens (including phenoxy) is 1. The molecule has 0 amide bonds. The molecule has 0 spiro atoms. The Morgan fingerprint density at radius 2 is 2.00 bits per heavy atom. The van der Waals surface area contributed by atoms with E-state index in [1.54, 1.807) is 0 Å². The Labute approximate surface area is 129 Å². The van der Waals surface area contributed by atoms with Gasteiger partial charge in [-0.2, -0.15) is 0 Å². The first kappa shape index (κ1) is 13.4. The Balaban J connectivity index is 1.63. The van der Waals surface area contributed by atoms with Crippen LogP contribution in [0.5, 0.6) is 5.75 Å². The Morgan fingerprint density at radius 1 is 1.14 bits per heavy atom. The van der Waals surface area contributed by atoms with Gasteiger partial charge in [-0.25, -0.2) is 0 Å². The van der Waals surface area contributed by atoms with Gasteiger partial charge in [-0.05, 0) is 48.6 Å². The molecule has 22 heavy (non-hydrogen) atoms. The summed E-state index contributed by atoms with van der Waals surface area (Å²) < 4.78 is 5.91. The zero-order valence-corrected chi connectivity index (χ0v) is 12.4. The van der Waals surface area contributed by atoms with Crippen LogP contribution in [0.3, 0.4) is 0 Å². The first-order valence-electron chi connectivity index (χ1n) is 7.80. The van der Waals surface area contributed by atoms with Crippen molar-refractivity contribution in [3.05, 3.63) is 65.4 Å². The zero-order chi connectivity index (χ0) is 14.9. The highest BCUT2D eigenvalue weighted by Crippen LogP contribution is 2.36. The minimum absolute atomic E-state index is 0.357. The Kier molecular flexibility index (Phi) is 3.35. The topological polar surface area (TPSA) is 45.2 Å². The number of aromatic nitrogens is 1. The molecule has 1 atom stereocenters. The average molecular weight is 293 g/mol. The highest BCUT2D eigenvalue weighted by Gasteiger charge is 2.22. The third-order valence-corrected chi connectivity index (χ3v) is 4.40. The summed E-state index contributed by atoms with van der Waals surface area (Å²) in [6.07, 6.45) is 2.55. The van der Waals surface area contributed by atoms with E-state index in [9.17, 15) is 5.11 Å². The Bertz CT molecular complexity index is 792. The number of aliphatic hydroxyl groups is 1. The molecule has 1 aliphatic rings. The van der Waals surface area contributed by atoms with Gasteiger partial charge in [0.25, 0.3) is 0 Å². The van der Waals surface area contributed by atoms with Crippen molar-refractivity contribution in [2.75, 3.05) is 0 Å². The average Bonchev–Trinajstić information content (AvgIpc) is 2.94. The van der Waals surface area contributed by atoms with Crippen molar-refractivity contribution in [2.45, 2.75) is 32.0 Å². The molecule has 3 heteroatoms. The summed E-state index contributed by atoms with van der Waals surface area (Å²) in [5.74, 6) is 0.873. The SMILES string of the molecule is OC1CCCc2c1[nH]c1ccc(OCc3ccccc3)cc21. The maximum Gasteiger partial charge on any atom is 0.120 e. The van der Waals surface area contributed by atoms with E-state index in [-0.39, 0.29) is 6.10 Å². The molecule has 3 aromatic rings. The van der Waals surface area contributed by atoms with Gasteiger partial charge < -0.3 is 14.8 Å². The number of aliphatic hydroxyl groups excluding tert-OH is 1. The molecule has 0 aliphatic heterocycles. The maximum atomic E-state index is 10.1. The van der Waals surface area contributed by atoms with Gasteiger partial charge in [0.15, 0.2) is 0 Å². The van der Waals surface area contributed by atoms with E-state index < -0.39 is 0 Å². The highest BCUT2D eigenvalue weighted by molar-refractivity contribution is 5.86. The van der Waals surface area contributed by atoms with E-state index in [2.05, 4.69) is 23.2 Å². The molecular formula is C19H19NO2. The molecule has 0 fully saturated rings. The molecule has 3 nitrogen and oxygen atoms in total. The van der Waals surface area contributed by atoms with Crippen molar-refractivity contribution in [3.63, 3.8) is 0 Å². The summed E-state index contributed by atoms with van der Waals surface area (Å²) in [5.41, 5.74) is 4.48. The molecule has 112 valence electrons. The van der Waals surface area contributed by atoms with Gasteiger partial charge in [0.1, 0.15) is 12.4 Å². The van der Waals surface area contributed by atoms with Gasteiger partial charge in [-0.3, -0.25) is 0 Å². The van der Waals surface area contributed by atoms with Gasteiger partial charge in [-0.15, -0.1) is 0 Å². The van der Waals surface area contributed by atoms with Crippen LogP contribution in [-0.4, -0.2) is 10.1 Å². The highest BCUT2D eigenvalue weighted by atomic mass is 16.5. The quantitative estimate of drug-likeness (QED) is 0.763. The number of benzene rings is 2. The Morgan fingerprint density at radius 3 is 2.86 bits per heavy atom. The van der Waals surface area contributed by atoms with E-state index in [0.717, 1.165) is 41.8 Å². The molecule has 2 aromatic carbocycles. The lowest BCUT2D eigenvalue weighted by molar-refractivity contribution is 0.153. The molecule has 0 bridgehead atoms. The van der Waals surface area contributed by atoms with Crippen molar-refractivity contribution in [1.29, 1.82) is 0 Å². The molecule has 1 aliphatic carbocycles. The van der Waals surface area contributed by atoms with E-state index in [0.29, 0.717) is 6.61 Å². The van der Waals surface area contributed by atoms with Crippen LogP contribution >= 0.6 is 0 Å². The molecule has 1 heterocycles. The van der Waals surface area contributed by atoms with Crippen LogP contribution < -0.4 is 4.74 Å². The molecule has 0 saturated carbocycles. The smallest absolute Gasteiger partial charge is 0.120 e. The lowest BCUT2D eigenvalue weighted by Gasteiger charge is -2.17. The third-order valence-electron chi connectivity index (χ3n) is 4.40. The van der Waals surface area contributed by atoms with Crippen molar-refractivity contribution in [2.24, 2.45) is 0 Å². The number of fused-ring (bicyclic) bond motifs is 3. The fourth-order valence-electron chi connectivity index (χ4n) is 3.25. The fourth-order valence-corrected chi connectivity index (χ4v) is 3.25. The molecule has 4 rings (SSSR count). The number of hydrogen-bond acceptors (Lipinski definition) is 2. The van der Waals surface area contributed by atoms with E-state index >= 15 is 0 Å². The van der Waals surface area contributed by atoms with Crippen LogP contribution in [0, 0.1) is 0 Å². The predicted molar refractivity (Wildman–Crippen MR) is 87.0 cm³/mol. The second-order valence-corrected chi connectivity index (χ2v) is 5.91. The molecule has 0 saturated heterocycles. The summed E-state index contributed by atoms with van der Waals surface area (Å²) >= 11 is 0. The molecule has 0 radical (unpaired) electrons. The van der Waals surface area contributed by atoms with Crippen molar-refractivity contribution < 1.29 is 9.84 Å².